The topological polar surface area (TPSA) is 60.7 Å². The molecule has 5 nitrogen and oxygen atoms in total. The van der Waals surface area contributed by atoms with Crippen LogP contribution in [0.3, 0.4) is 0 Å². The van der Waals surface area contributed by atoms with Gasteiger partial charge in [-0.15, -0.1) is 0 Å². The van der Waals surface area contributed by atoms with E-state index in [1.165, 1.54) is 0 Å². The Bertz CT molecular complexity index is 836. The van der Waals surface area contributed by atoms with Crippen LogP contribution < -0.4 is 0 Å². The zero-order valence-corrected chi connectivity index (χ0v) is 11.6. The summed E-state index contributed by atoms with van der Waals surface area (Å²) in [6.07, 6.45) is 2.85. The number of rotatable bonds is 4. The molecule has 0 bridgehead atoms. The van der Waals surface area contributed by atoms with Crippen molar-refractivity contribution in [2.75, 3.05) is 6.61 Å². The number of imidazole rings is 1. The summed E-state index contributed by atoms with van der Waals surface area (Å²) in [5.41, 5.74) is 2.87. The standard InChI is InChI=1S/C16H14N2O3/c1-2-21-16(20)15-14-7-6-12-11(8-9-19)4-3-5-13(12)18(14)10-17-15/h3-7,9-10H,2,8H2,1H3. The van der Waals surface area contributed by atoms with Crippen molar-refractivity contribution in [3.05, 3.63) is 47.9 Å². The van der Waals surface area contributed by atoms with Crippen LogP contribution in [0, 0.1) is 0 Å². The number of nitrogens with zero attached hydrogens (tertiary/aromatic N) is 2. The Hall–Kier alpha value is -2.69. The van der Waals surface area contributed by atoms with E-state index in [0.717, 1.165) is 22.8 Å². The smallest absolute Gasteiger partial charge is 0.359 e. The van der Waals surface area contributed by atoms with Crippen LogP contribution in [0.1, 0.15) is 23.0 Å². The molecule has 0 fully saturated rings. The molecular formula is C16H14N2O3. The number of hydrogen-bond acceptors (Lipinski definition) is 4. The molecule has 106 valence electrons. The lowest BCUT2D eigenvalue weighted by atomic mass is 10.1. The van der Waals surface area contributed by atoms with Crippen LogP contribution in [-0.2, 0) is 16.0 Å². The van der Waals surface area contributed by atoms with Crippen molar-refractivity contribution in [1.29, 1.82) is 0 Å². The molecule has 3 aromatic rings. The van der Waals surface area contributed by atoms with E-state index in [1.807, 2.05) is 34.7 Å². The van der Waals surface area contributed by atoms with Crippen molar-refractivity contribution < 1.29 is 14.3 Å². The summed E-state index contributed by atoms with van der Waals surface area (Å²) in [5, 5.41) is 0.977. The van der Waals surface area contributed by atoms with E-state index in [1.54, 1.807) is 13.3 Å². The predicted octanol–water partition coefficient (Wildman–Crippen LogP) is 2.41. The number of carbonyl (C=O) groups is 2. The van der Waals surface area contributed by atoms with E-state index < -0.39 is 5.97 Å². The monoisotopic (exact) mass is 282 g/mol. The predicted molar refractivity (Wildman–Crippen MR) is 78.4 cm³/mol. The molecule has 0 spiro atoms. The minimum atomic E-state index is -0.427. The number of hydrogen-bond donors (Lipinski definition) is 0. The highest BCUT2D eigenvalue weighted by Gasteiger charge is 2.15. The molecule has 0 amide bonds. The van der Waals surface area contributed by atoms with Gasteiger partial charge >= 0.3 is 5.97 Å². The summed E-state index contributed by atoms with van der Waals surface area (Å²) in [6, 6.07) is 9.49. The molecule has 21 heavy (non-hydrogen) atoms. The van der Waals surface area contributed by atoms with Gasteiger partial charge in [-0.1, -0.05) is 18.2 Å². The fourth-order valence-corrected chi connectivity index (χ4v) is 2.50. The van der Waals surface area contributed by atoms with Crippen LogP contribution in [0.15, 0.2) is 36.7 Å². The molecule has 3 rings (SSSR count). The number of aldehydes is 1. The van der Waals surface area contributed by atoms with Crippen molar-refractivity contribution in [1.82, 2.24) is 9.38 Å². The number of benzene rings is 1. The van der Waals surface area contributed by atoms with E-state index in [9.17, 15) is 9.59 Å². The maximum absolute atomic E-state index is 11.9. The molecule has 2 aromatic heterocycles. The molecule has 0 saturated heterocycles. The molecule has 0 aliphatic rings. The first kappa shape index (κ1) is 13.3. The Labute approximate surface area is 121 Å². The third-order valence-electron chi connectivity index (χ3n) is 3.42. The second-order valence-electron chi connectivity index (χ2n) is 4.62. The quantitative estimate of drug-likeness (QED) is 0.544. The zero-order chi connectivity index (χ0) is 14.8. The molecule has 0 atom stereocenters. The van der Waals surface area contributed by atoms with Crippen molar-refractivity contribution in [3.63, 3.8) is 0 Å². The summed E-state index contributed by atoms with van der Waals surface area (Å²) >= 11 is 0. The Balaban J connectivity index is 2.24. The van der Waals surface area contributed by atoms with E-state index in [2.05, 4.69) is 4.98 Å². The first-order chi connectivity index (χ1) is 10.3. The number of fused-ring (bicyclic) bond motifs is 3. The maximum Gasteiger partial charge on any atom is 0.359 e. The lowest BCUT2D eigenvalue weighted by Gasteiger charge is -2.06. The van der Waals surface area contributed by atoms with Crippen molar-refractivity contribution in [2.24, 2.45) is 0 Å². The highest BCUT2D eigenvalue weighted by molar-refractivity contribution is 5.97. The summed E-state index contributed by atoms with van der Waals surface area (Å²) in [6.45, 7) is 2.08. The summed E-state index contributed by atoms with van der Waals surface area (Å²) in [7, 11) is 0. The van der Waals surface area contributed by atoms with Gasteiger partial charge in [-0.3, -0.25) is 4.40 Å². The minimum Gasteiger partial charge on any atom is -0.461 e. The Morgan fingerprint density at radius 1 is 1.29 bits per heavy atom. The average Bonchev–Trinajstić information content (AvgIpc) is 2.92. The van der Waals surface area contributed by atoms with Gasteiger partial charge in [0, 0.05) is 11.8 Å². The number of pyridine rings is 1. The maximum atomic E-state index is 11.9. The van der Waals surface area contributed by atoms with Gasteiger partial charge in [0.2, 0.25) is 0 Å². The zero-order valence-electron chi connectivity index (χ0n) is 11.6. The third-order valence-corrected chi connectivity index (χ3v) is 3.42. The van der Waals surface area contributed by atoms with Crippen molar-refractivity contribution in [3.8, 4) is 0 Å². The average molecular weight is 282 g/mol. The molecule has 1 aromatic carbocycles. The van der Waals surface area contributed by atoms with E-state index in [0.29, 0.717) is 24.2 Å². The van der Waals surface area contributed by atoms with Gasteiger partial charge in [-0.25, -0.2) is 9.78 Å². The summed E-state index contributed by atoms with van der Waals surface area (Å²) < 4.78 is 6.85. The number of aromatic nitrogens is 2. The number of ether oxygens (including phenoxy) is 1. The lowest BCUT2D eigenvalue weighted by Crippen LogP contribution is -2.05. The molecule has 0 aliphatic heterocycles. The molecule has 0 unspecified atom stereocenters. The highest BCUT2D eigenvalue weighted by Crippen LogP contribution is 2.23. The molecule has 0 N–H and O–H groups in total. The second-order valence-corrected chi connectivity index (χ2v) is 4.62. The fourth-order valence-electron chi connectivity index (χ4n) is 2.50. The van der Waals surface area contributed by atoms with Gasteiger partial charge in [-0.05, 0) is 24.6 Å². The molecule has 0 aliphatic carbocycles. The Kier molecular flexibility index (Phi) is 3.39. The van der Waals surface area contributed by atoms with Crippen LogP contribution in [0.4, 0.5) is 0 Å². The Morgan fingerprint density at radius 2 is 2.14 bits per heavy atom. The number of carbonyl (C=O) groups excluding carboxylic acids is 2. The van der Waals surface area contributed by atoms with E-state index >= 15 is 0 Å². The van der Waals surface area contributed by atoms with Gasteiger partial charge in [0.15, 0.2) is 5.69 Å². The van der Waals surface area contributed by atoms with Crippen LogP contribution in [0.25, 0.3) is 16.4 Å². The second kappa shape index (κ2) is 5.36. The highest BCUT2D eigenvalue weighted by atomic mass is 16.5. The van der Waals surface area contributed by atoms with E-state index in [-0.39, 0.29) is 0 Å². The first-order valence-electron chi connectivity index (χ1n) is 6.74. The first-order valence-corrected chi connectivity index (χ1v) is 6.74. The summed E-state index contributed by atoms with van der Waals surface area (Å²) in [4.78, 5) is 26.8. The molecule has 2 heterocycles. The lowest BCUT2D eigenvalue weighted by molar-refractivity contribution is -0.107. The van der Waals surface area contributed by atoms with Crippen LogP contribution in [-0.4, -0.2) is 28.2 Å². The number of esters is 1. The van der Waals surface area contributed by atoms with Gasteiger partial charge in [0.1, 0.15) is 12.6 Å². The molecule has 0 saturated carbocycles. The minimum absolute atomic E-state index is 0.305. The van der Waals surface area contributed by atoms with Crippen LogP contribution in [0.2, 0.25) is 0 Å². The normalized spacial score (nSPS) is 10.9. The Morgan fingerprint density at radius 3 is 2.90 bits per heavy atom. The van der Waals surface area contributed by atoms with Gasteiger partial charge in [0.25, 0.3) is 0 Å². The van der Waals surface area contributed by atoms with Gasteiger partial charge in [-0.2, -0.15) is 0 Å². The van der Waals surface area contributed by atoms with Crippen molar-refractivity contribution >= 4 is 28.7 Å². The third kappa shape index (κ3) is 2.16. The fraction of sp³-hybridized carbons (Fsp3) is 0.188. The molecule has 5 heteroatoms. The van der Waals surface area contributed by atoms with Gasteiger partial charge in [0.05, 0.1) is 17.6 Å². The molecular weight excluding hydrogens is 268 g/mol. The SMILES string of the molecule is CCOC(=O)c1ncn2c1ccc1c(CC=O)cccc12. The van der Waals surface area contributed by atoms with Crippen molar-refractivity contribution in [2.45, 2.75) is 13.3 Å². The van der Waals surface area contributed by atoms with Crippen LogP contribution >= 0.6 is 0 Å². The molecule has 0 radical (unpaired) electrons. The van der Waals surface area contributed by atoms with Gasteiger partial charge < -0.3 is 9.53 Å². The van der Waals surface area contributed by atoms with E-state index in [4.69, 9.17) is 4.74 Å². The largest absolute Gasteiger partial charge is 0.461 e. The summed E-state index contributed by atoms with van der Waals surface area (Å²) in [5.74, 6) is -0.427. The van der Waals surface area contributed by atoms with Crippen LogP contribution in [0.5, 0.6) is 0 Å².